The summed E-state index contributed by atoms with van der Waals surface area (Å²) in [5.74, 6) is -0.842. The first kappa shape index (κ1) is 29.9. The van der Waals surface area contributed by atoms with Crippen molar-refractivity contribution in [3.63, 3.8) is 0 Å². The van der Waals surface area contributed by atoms with Crippen molar-refractivity contribution in [2.45, 2.75) is 57.5 Å². The van der Waals surface area contributed by atoms with Crippen molar-refractivity contribution in [2.24, 2.45) is 5.92 Å². The highest BCUT2D eigenvalue weighted by Crippen LogP contribution is 2.46. The summed E-state index contributed by atoms with van der Waals surface area (Å²) in [5.41, 5.74) is 1.52. The van der Waals surface area contributed by atoms with Crippen molar-refractivity contribution in [2.75, 3.05) is 29.9 Å². The SMILES string of the molecule is C/C(=C\c1c(Cl)cc(C(=O)Nc2nc(-c3cc(Cl)cs3)c(N3CC4CCN(C5CCCCC5)C4C3)s2)cc1Cl)C(=O)O. The molecule has 1 aliphatic carbocycles. The van der Waals surface area contributed by atoms with Crippen molar-refractivity contribution in [3.8, 4) is 10.6 Å². The number of amides is 1. The Morgan fingerprint density at radius 1 is 1.07 bits per heavy atom. The number of hydrogen-bond donors (Lipinski definition) is 2. The molecule has 2 N–H and O–H groups in total. The fourth-order valence-electron chi connectivity index (χ4n) is 6.50. The van der Waals surface area contributed by atoms with Crippen LogP contribution < -0.4 is 10.2 Å². The highest BCUT2D eigenvalue weighted by atomic mass is 35.5. The van der Waals surface area contributed by atoms with Gasteiger partial charge in [-0.15, -0.1) is 11.3 Å². The van der Waals surface area contributed by atoms with Crippen LogP contribution in [0, 0.1) is 5.92 Å². The van der Waals surface area contributed by atoms with Crippen LogP contribution in [0.4, 0.5) is 10.1 Å². The number of aromatic nitrogens is 1. The molecule has 4 heterocycles. The fourth-order valence-corrected chi connectivity index (χ4v) is 9.22. The monoisotopic (exact) mass is 664 g/mol. The number of anilines is 2. The standard InChI is InChI=1S/C30H31Cl3N4O3S2/c1-16(29(39)40)9-21-22(32)10-18(11-23(21)33)27(38)35-30-34-26(25-12-19(31)15-41-25)28(42-30)36-13-17-7-8-37(24(17)14-36)20-5-3-2-4-6-20/h9-12,15,17,20,24H,2-8,13-14H2,1H3,(H,39,40)(H,34,35,38)/b16-9+. The third-order valence-electron chi connectivity index (χ3n) is 8.59. The highest BCUT2D eigenvalue weighted by Gasteiger charge is 2.44. The van der Waals surface area contributed by atoms with Gasteiger partial charge in [-0.05, 0) is 62.9 Å². The normalized spacial score (nSPS) is 21.6. The Hall–Kier alpha value is -2.14. The number of thiazole rings is 1. The minimum Gasteiger partial charge on any atom is -0.478 e. The van der Waals surface area contributed by atoms with Crippen molar-refractivity contribution >= 4 is 85.6 Å². The first-order chi connectivity index (χ1) is 20.2. The largest absolute Gasteiger partial charge is 0.478 e. The number of carboxylic acid groups (broad SMARTS) is 1. The number of aliphatic carboxylic acids is 1. The van der Waals surface area contributed by atoms with Gasteiger partial charge in [0, 0.05) is 47.3 Å². The van der Waals surface area contributed by atoms with E-state index in [0.29, 0.717) is 33.7 Å². The number of nitrogens with one attached hydrogen (secondary N) is 1. The van der Waals surface area contributed by atoms with Gasteiger partial charge in [-0.2, -0.15) is 0 Å². The zero-order valence-electron chi connectivity index (χ0n) is 23.0. The van der Waals surface area contributed by atoms with Crippen LogP contribution >= 0.6 is 57.5 Å². The van der Waals surface area contributed by atoms with Crippen LogP contribution in [0.25, 0.3) is 16.6 Å². The van der Waals surface area contributed by atoms with E-state index in [4.69, 9.17) is 39.8 Å². The van der Waals surface area contributed by atoms with Gasteiger partial charge in [0.1, 0.15) is 10.7 Å². The molecule has 1 amide bonds. The van der Waals surface area contributed by atoms with Gasteiger partial charge in [0.15, 0.2) is 5.13 Å². The van der Waals surface area contributed by atoms with E-state index in [1.165, 1.54) is 81.5 Å². The van der Waals surface area contributed by atoms with Crippen LogP contribution in [-0.4, -0.2) is 58.6 Å². The summed E-state index contributed by atoms with van der Waals surface area (Å²) in [6.45, 7) is 4.58. The lowest BCUT2D eigenvalue weighted by Gasteiger charge is -2.35. The summed E-state index contributed by atoms with van der Waals surface area (Å²) in [5, 5.41) is 16.6. The maximum Gasteiger partial charge on any atom is 0.331 e. The number of carboxylic acids is 1. The maximum absolute atomic E-state index is 13.3. The average Bonchev–Trinajstić information content (AvgIpc) is 3.74. The number of thiophene rings is 1. The summed E-state index contributed by atoms with van der Waals surface area (Å²) < 4.78 is 0. The Kier molecular flexibility index (Phi) is 8.87. The zero-order chi connectivity index (χ0) is 29.5. The Morgan fingerprint density at radius 2 is 1.81 bits per heavy atom. The molecule has 7 nitrogen and oxygen atoms in total. The van der Waals surface area contributed by atoms with Crippen LogP contribution in [0.3, 0.4) is 0 Å². The second-order valence-electron chi connectivity index (χ2n) is 11.3. The summed E-state index contributed by atoms with van der Waals surface area (Å²) >= 11 is 22.1. The molecule has 2 unspecified atom stereocenters. The fraction of sp³-hybridized carbons (Fsp3) is 0.433. The number of hydrogen-bond acceptors (Lipinski definition) is 7. The molecule has 1 saturated carbocycles. The van der Waals surface area contributed by atoms with E-state index >= 15 is 0 Å². The van der Waals surface area contributed by atoms with E-state index in [1.54, 1.807) is 11.3 Å². The number of benzene rings is 1. The minimum absolute atomic E-state index is 0.0837. The molecule has 42 heavy (non-hydrogen) atoms. The van der Waals surface area contributed by atoms with Gasteiger partial charge in [-0.25, -0.2) is 9.78 Å². The smallest absolute Gasteiger partial charge is 0.331 e. The molecular weight excluding hydrogens is 635 g/mol. The molecule has 222 valence electrons. The molecule has 3 aliphatic rings. The second kappa shape index (κ2) is 12.5. The minimum atomic E-state index is -1.07. The van der Waals surface area contributed by atoms with Crippen molar-refractivity contribution in [1.29, 1.82) is 0 Å². The lowest BCUT2D eigenvalue weighted by molar-refractivity contribution is -0.132. The lowest BCUT2D eigenvalue weighted by atomic mass is 9.93. The third kappa shape index (κ3) is 6.10. The van der Waals surface area contributed by atoms with E-state index in [2.05, 4.69) is 15.1 Å². The van der Waals surface area contributed by atoms with Gasteiger partial charge in [-0.1, -0.05) is 65.4 Å². The topological polar surface area (TPSA) is 85.8 Å². The van der Waals surface area contributed by atoms with Crippen molar-refractivity contribution in [1.82, 2.24) is 9.88 Å². The van der Waals surface area contributed by atoms with E-state index in [-0.39, 0.29) is 21.2 Å². The third-order valence-corrected chi connectivity index (χ3v) is 11.5. The first-order valence-electron chi connectivity index (χ1n) is 14.2. The molecule has 2 saturated heterocycles. The molecule has 1 aromatic carbocycles. The van der Waals surface area contributed by atoms with Crippen LogP contribution in [0.5, 0.6) is 0 Å². The van der Waals surface area contributed by atoms with Crippen LogP contribution in [0.1, 0.15) is 61.4 Å². The molecular formula is C30H31Cl3N4O3S2. The quantitative estimate of drug-likeness (QED) is 0.247. The van der Waals surface area contributed by atoms with Gasteiger partial charge in [0.25, 0.3) is 5.91 Å². The van der Waals surface area contributed by atoms with Crippen molar-refractivity contribution in [3.05, 3.63) is 55.3 Å². The van der Waals surface area contributed by atoms with Crippen molar-refractivity contribution < 1.29 is 14.7 Å². The first-order valence-corrected chi connectivity index (χ1v) is 17.0. The summed E-state index contributed by atoms with van der Waals surface area (Å²) in [4.78, 5) is 35.6. The van der Waals surface area contributed by atoms with Gasteiger partial charge in [-0.3, -0.25) is 15.0 Å². The molecule has 2 aliphatic heterocycles. The molecule has 3 fully saturated rings. The zero-order valence-corrected chi connectivity index (χ0v) is 26.9. The number of carbonyl (C=O) groups excluding carboxylic acids is 1. The van der Waals surface area contributed by atoms with Gasteiger partial charge >= 0.3 is 5.97 Å². The molecule has 0 bridgehead atoms. The Bertz CT molecular complexity index is 1520. The van der Waals surface area contributed by atoms with E-state index < -0.39 is 11.9 Å². The number of fused-ring (bicyclic) bond motifs is 1. The number of halogens is 3. The van der Waals surface area contributed by atoms with E-state index in [1.807, 2.05) is 11.4 Å². The number of rotatable bonds is 7. The van der Waals surface area contributed by atoms with E-state index in [0.717, 1.165) is 28.7 Å². The van der Waals surface area contributed by atoms with Gasteiger partial charge in [0.2, 0.25) is 0 Å². The molecule has 0 radical (unpaired) electrons. The molecule has 2 atom stereocenters. The predicted molar refractivity (Wildman–Crippen MR) is 174 cm³/mol. The molecule has 0 spiro atoms. The number of nitrogens with zero attached hydrogens (tertiary/aromatic N) is 3. The second-order valence-corrected chi connectivity index (χ2v) is 14.4. The lowest BCUT2D eigenvalue weighted by Crippen LogP contribution is -2.43. The average molecular weight is 666 g/mol. The number of carbonyl (C=O) groups is 2. The Balaban J connectivity index is 1.25. The molecule has 3 aromatic rings. The maximum atomic E-state index is 13.3. The molecule has 12 heteroatoms. The predicted octanol–water partition coefficient (Wildman–Crippen LogP) is 8.42. The Morgan fingerprint density at radius 3 is 2.48 bits per heavy atom. The van der Waals surface area contributed by atoms with E-state index in [9.17, 15) is 14.7 Å². The molecule has 6 rings (SSSR count). The van der Waals surface area contributed by atoms with Crippen LogP contribution in [0.15, 0.2) is 29.2 Å². The summed E-state index contributed by atoms with van der Waals surface area (Å²) in [6.07, 6.45) is 9.26. The summed E-state index contributed by atoms with van der Waals surface area (Å²) in [7, 11) is 0. The highest BCUT2D eigenvalue weighted by molar-refractivity contribution is 7.21. The van der Waals surface area contributed by atoms with Gasteiger partial charge in [0.05, 0.1) is 19.9 Å². The Labute approximate surface area is 268 Å². The summed E-state index contributed by atoms with van der Waals surface area (Å²) in [6, 6.07) is 6.15. The van der Waals surface area contributed by atoms with Gasteiger partial charge < -0.3 is 10.0 Å². The van der Waals surface area contributed by atoms with Crippen LogP contribution in [-0.2, 0) is 4.79 Å². The molecule has 2 aromatic heterocycles. The van der Waals surface area contributed by atoms with Crippen LogP contribution in [0.2, 0.25) is 15.1 Å². The number of likely N-dealkylation sites (tertiary alicyclic amines) is 1.